The average Bonchev–Trinajstić information content (AvgIpc) is 2.62. The highest BCUT2D eigenvalue weighted by Gasteiger charge is 2.22. The van der Waals surface area contributed by atoms with Crippen molar-refractivity contribution < 1.29 is 14.7 Å². The molecule has 0 aromatic carbocycles. The van der Waals surface area contributed by atoms with Gasteiger partial charge in [-0.2, -0.15) is 0 Å². The molecule has 3 heterocycles. The zero-order valence-electron chi connectivity index (χ0n) is 14.1. The number of nitrogens with zero attached hydrogens (tertiary/aromatic N) is 4. The lowest BCUT2D eigenvalue weighted by atomic mass is 9.93. The smallest absolute Gasteiger partial charge is 0.337 e. The van der Waals surface area contributed by atoms with Crippen molar-refractivity contribution in [2.45, 2.75) is 26.2 Å². The van der Waals surface area contributed by atoms with Crippen molar-refractivity contribution in [2.75, 3.05) is 13.1 Å². The minimum atomic E-state index is -1.02. The Labute approximate surface area is 145 Å². The van der Waals surface area contributed by atoms with Gasteiger partial charge in [0.15, 0.2) is 0 Å². The molecule has 3 rings (SSSR count). The Hall–Kier alpha value is -2.83. The monoisotopic (exact) mass is 340 g/mol. The quantitative estimate of drug-likeness (QED) is 0.915. The summed E-state index contributed by atoms with van der Waals surface area (Å²) in [5.41, 5.74) is 2.32. The molecule has 1 N–H and O–H groups in total. The minimum absolute atomic E-state index is 0.115. The van der Waals surface area contributed by atoms with Crippen LogP contribution in [-0.2, 0) is 11.2 Å². The van der Waals surface area contributed by atoms with Gasteiger partial charge in [-0.1, -0.05) is 0 Å². The predicted octanol–water partition coefficient (Wildman–Crippen LogP) is 2.04. The number of carboxylic acids is 1. The summed E-state index contributed by atoms with van der Waals surface area (Å²) >= 11 is 0. The molecule has 0 aliphatic carbocycles. The first-order valence-electron chi connectivity index (χ1n) is 8.28. The summed E-state index contributed by atoms with van der Waals surface area (Å²) in [5, 5.41) is 9.09. The molecule has 1 aliphatic heterocycles. The number of carboxylic acid groups (broad SMARTS) is 1. The van der Waals surface area contributed by atoms with Gasteiger partial charge in [-0.15, -0.1) is 0 Å². The zero-order chi connectivity index (χ0) is 17.8. The van der Waals surface area contributed by atoms with Gasteiger partial charge in [0.05, 0.1) is 11.3 Å². The second kappa shape index (κ2) is 7.38. The van der Waals surface area contributed by atoms with E-state index in [0.717, 1.165) is 38.0 Å². The fourth-order valence-electron chi connectivity index (χ4n) is 3.18. The van der Waals surface area contributed by atoms with Gasteiger partial charge in [0.25, 0.3) is 0 Å². The fourth-order valence-corrected chi connectivity index (χ4v) is 3.18. The second-order valence-corrected chi connectivity index (χ2v) is 6.34. The zero-order valence-corrected chi connectivity index (χ0v) is 14.1. The lowest BCUT2D eigenvalue weighted by Crippen LogP contribution is -2.39. The molecule has 0 saturated carbocycles. The van der Waals surface area contributed by atoms with Gasteiger partial charge in [-0.25, -0.2) is 14.8 Å². The predicted molar refractivity (Wildman–Crippen MR) is 90.9 cm³/mol. The first-order chi connectivity index (χ1) is 12.0. The van der Waals surface area contributed by atoms with Gasteiger partial charge in [0.2, 0.25) is 5.91 Å². The molecule has 7 nitrogen and oxygen atoms in total. The van der Waals surface area contributed by atoms with Crippen LogP contribution in [0.5, 0.6) is 0 Å². The minimum Gasteiger partial charge on any atom is -0.478 e. The van der Waals surface area contributed by atoms with Crippen LogP contribution >= 0.6 is 0 Å². The molecule has 130 valence electrons. The van der Waals surface area contributed by atoms with Crippen LogP contribution in [-0.4, -0.2) is 49.9 Å². The highest BCUT2D eigenvalue weighted by Crippen LogP contribution is 2.22. The molecular weight excluding hydrogens is 320 g/mol. The van der Waals surface area contributed by atoms with Crippen LogP contribution in [0, 0.1) is 5.92 Å². The average molecular weight is 340 g/mol. The maximum absolute atomic E-state index is 11.6. The van der Waals surface area contributed by atoms with E-state index in [-0.39, 0.29) is 11.5 Å². The largest absolute Gasteiger partial charge is 0.478 e. The summed E-state index contributed by atoms with van der Waals surface area (Å²) in [6, 6.07) is 3.43. The molecule has 1 saturated heterocycles. The Morgan fingerprint density at radius 2 is 2.12 bits per heavy atom. The standard InChI is InChI=1S/C18H20N4O3/c1-12(23)22-4-2-3-13(10-22)5-16-7-17(21-11-20-16)14-6-15(18(24)25)9-19-8-14/h6-9,11,13H,2-5,10H2,1H3,(H,24,25)/t13-/m1/s1. The number of likely N-dealkylation sites (tertiary alicyclic amines) is 1. The highest BCUT2D eigenvalue weighted by atomic mass is 16.4. The van der Waals surface area contributed by atoms with E-state index in [1.807, 2.05) is 11.0 Å². The molecule has 2 aromatic heterocycles. The van der Waals surface area contributed by atoms with Gasteiger partial charge < -0.3 is 10.0 Å². The molecule has 0 radical (unpaired) electrons. The third-order valence-electron chi connectivity index (χ3n) is 4.47. The van der Waals surface area contributed by atoms with Gasteiger partial charge in [0, 0.05) is 43.7 Å². The Balaban J connectivity index is 1.77. The van der Waals surface area contributed by atoms with E-state index in [9.17, 15) is 9.59 Å². The first-order valence-corrected chi connectivity index (χ1v) is 8.28. The maximum Gasteiger partial charge on any atom is 0.337 e. The van der Waals surface area contributed by atoms with Crippen molar-refractivity contribution >= 4 is 11.9 Å². The van der Waals surface area contributed by atoms with E-state index in [1.54, 1.807) is 19.2 Å². The third kappa shape index (κ3) is 4.17. The van der Waals surface area contributed by atoms with Crippen molar-refractivity contribution in [3.05, 3.63) is 42.1 Å². The Kier molecular flexibility index (Phi) is 5.02. The number of aromatic carboxylic acids is 1. The summed E-state index contributed by atoms with van der Waals surface area (Å²) in [7, 11) is 0. The molecule has 0 spiro atoms. The number of carbonyl (C=O) groups is 2. The van der Waals surface area contributed by atoms with E-state index >= 15 is 0 Å². The number of amides is 1. The van der Waals surface area contributed by atoms with E-state index < -0.39 is 5.97 Å². The Morgan fingerprint density at radius 1 is 1.28 bits per heavy atom. The SMILES string of the molecule is CC(=O)N1CCC[C@H](Cc2cc(-c3cncc(C(=O)O)c3)ncn2)C1. The van der Waals surface area contributed by atoms with Gasteiger partial charge in [-0.05, 0) is 37.3 Å². The van der Waals surface area contributed by atoms with Crippen molar-refractivity contribution in [3.63, 3.8) is 0 Å². The third-order valence-corrected chi connectivity index (χ3v) is 4.47. The number of piperidine rings is 1. The van der Waals surface area contributed by atoms with Crippen LogP contribution in [0.4, 0.5) is 0 Å². The van der Waals surface area contributed by atoms with E-state index in [0.29, 0.717) is 17.2 Å². The molecule has 25 heavy (non-hydrogen) atoms. The second-order valence-electron chi connectivity index (χ2n) is 6.34. The molecule has 1 aliphatic rings. The van der Waals surface area contributed by atoms with Gasteiger partial charge >= 0.3 is 5.97 Å². The lowest BCUT2D eigenvalue weighted by molar-refractivity contribution is -0.130. The van der Waals surface area contributed by atoms with Crippen molar-refractivity contribution in [1.29, 1.82) is 0 Å². The number of hydrogen-bond donors (Lipinski definition) is 1. The number of aromatic nitrogens is 3. The summed E-state index contributed by atoms with van der Waals surface area (Å²) < 4.78 is 0. The Morgan fingerprint density at radius 3 is 2.88 bits per heavy atom. The van der Waals surface area contributed by atoms with Crippen LogP contribution in [0.2, 0.25) is 0 Å². The number of hydrogen-bond acceptors (Lipinski definition) is 5. The fraction of sp³-hybridized carbons (Fsp3) is 0.389. The van der Waals surface area contributed by atoms with Gasteiger partial charge in [-0.3, -0.25) is 9.78 Å². The van der Waals surface area contributed by atoms with Gasteiger partial charge in [0.1, 0.15) is 6.33 Å². The normalized spacial score (nSPS) is 17.3. The summed E-state index contributed by atoms with van der Waals surface area (Å²) in [6.07, 6.45) is 7.24. The van der Waals surface area contributed by atoms with Crippen molar-refractivity contribution in [1.82, 2.24) is 19.9 Å². The lowest BCUT2D eigenvalue weighted by Gasteiger charge is -2.31. The molecule has 0 unspecified atom stereocenters. The molecule has 7 heteroatoms. The topological polar surface area (TPSA) is 96.3 Å². The van der Waals surface area contributed by atoms with E-state index in [2.05, 4.69) is 15.0 Å². The molecular formula is C18H20N4O3. The van der Waals surface area contributed by atoms with Crippen LogP contribution in [0.15, 0.2) is 30.9 Å². The van der Waals surface area contributed by atoms with Crippen LogP contribution in [0.3, 0.4) is 0 Å². The van der Waals surface area contributed by atoms with Crippen LogP contribution < -0.4 is 0 Å². The van der Waals surface area contributed by atoms with Crippen LogP contribution in [0.1, 0.15) is 35.8 Å². The molecule has 2 aromatic rings. The summed E-state index contributed by atoms with van der Waals surface area (Å²) in [6.45, 7) is 3.19. The van der Waals surface area contributed by atoms with E-state index in [1.165, 1.54) is 12.5 Å². The number of pyridine rings is 1. The summed E-state index contributed by atoms with van der Waals surface area (Å²) in [5.74, 6) is -0.524. The van der Waals surface area contributed by atoms with Crippen molar-refractivity contribution in [2.24, 2.45) is 5.92 Å². The number of carbonyl (C=O) groups excluding carboxylic acids is 1. The molecule has 0 bridgehead atoms. The molecule has 1 fully saturated rings. The maximum atomic E-state index is 11.6. The van der Waals surface area contributed by atoms with Crippen LogP contribution in [0.25, 0.3) is 11.3 Å². The Bertz CT molecular complexity index is 793. The van der Waals surface area contributed by atoms with E-state index in [4.69, 9.17) is 5.11 Å². The summed E-state index contributed by atoms with van der Waals surface area (Å²) in [4.78, 5) is 37.1. The highest BCUT2D eigenvalue weighted by molar-refractivity contribution is 5.88. The first kappa shape index (κ1) is 17.0. The molecule has 1 atom stereocenters. The number of rotatable bonds is 4. The molecule has 1 amide bonds. The van der Waals surface area contributed by atoms with Crippen molar-refractivity contribution in [3.8, 4) is 11.3 Å².